The highest BCUT2D eigenvalue weighted by Gasteiger charge is 2.13. The van der Waals surface area contributed by atoms with Crippen molar-refractivity contribution in [3.8, 4) is 11.5 Å². The van der Waals surface area contributed by atoms with Gasteiger partial charge in [-0.05, 0) is 30.7 Å². The summed E-state index contributed by atoms with van der Waals surface area (Å²) in [5.41, 5.74) is 1.53. The lowest BCUT2D eigenvalue weighted by molar-refractivity contribution is -0.116. The number of hydrogen-bond donors (Lipinski definition) is 1. The fraction of sp³-hybridized carbons (Fsp3) is 0.278. The van der Waals surface area contributed by atoms with E-state index in [1.807, 2.05) is 40.9 Å². The Morgan fingerprint density at radius 3 is 2.92 bits per heavy atom. The largest absolute Gasteiger partial charge is 0.486 e. The molecule has 0 spiro atoms. The minimum absolute atomic E-state index is 0.0366. The standard InChI is InChI=1S/C18H18N4O3/c23-18(19-13-7-8-14-15(12-13)25-11-10-24-14)6-3-5-17-21-20-16-4-1-2-9-22(16)17/h1-2,4,7-9,12H,3,5-6,10-11H2,(H,19,23). The van der Waals surface area contributed by atoms with Crippen molar-refractivity contribution < 1.29 is 14.3 Å². The number of aromatic nitrogens is 3. The average Bonchev–Trinajstić information content (AvgIpc) is 3.05. The highest BCUT2D eigenvalue weighted by molar-refractivity contribution is 5.91. The molecule has 7 heteroatoms. The molecule has 3 aromatic rings. The Hall–Kier alpha value is -3.09. The molecule has 0 saturated heterocycles. The van der Waals surface area contributed by atoms with E-state index in [4.69, 9.17) is 9.47 Å². The first-order chi connectivity index (χ1) is 12.3. The maximum absolute atomic E-state index is 12.1. The highest BCUT2D eigenvalue weighted by Crippen LogP contribution is 2.32. The van der Waals surface area contributed by atoms with Crippen LogP contribution in [0.4, 0.5) is 5.69 Å². The number of pyridine rings is 1. The summed E-state index contributed by atoms with van der Waals surface area (Å²) in [7, 11) is 0. The summed E-state index contributed by atoms with van der Waals surface area (Å²) in [5, 5.41) is 11.2. The molecule has 0 aliphatic carbocycles. The molecule has 1 aromatic carbocycles. The van der Waals surface area contributed by atoms with Gasteiger partial charge in [-0.2, -0.15) is 0 Å². The van der Waals surface area contributed by atoms with Gasteiger partial charge in [-0.25, -0.2) is 0 Å². The van der Waals surface area contributed by atoms with Crippen LogP contribution in [0.3, 0.4) is 0 Å². The van der Waals surface area contributed by atoms with Gasteiger partial charge < -0.3 is 14.8 Å². The summed E-state index contributed by atoms with van der Waals surface area (Å²) >= 11 is 0. The number of rotatable bonds is 5. The molecule has 0 saturated carbocycles. The average molecular weight is 338 g/mol. The molecular weight excluding hydrogens is 320 g/mol. The molecule has 0 radical (unpaired) electrons. The molecule has 1 aliphatic rings. The molecule has 25 heavy (non-hydrogen) atoms. The highest BCUT2D eigenvalue weighted by atomic mass is 16.6. The van der Waals surface area contributed by atoms with E-state index in [9.17, 15) is 4.79 Å². The van der Waals surface area contributed by atoms with E-state index in [0.29, 0.717) is 49.7 Å². The first kappa shape index (κ1) is 15.4. The molecular formula is C18H18N4O3. The van der Waals surface area contributed by atoms with E-state index in [1.54, 1.807) is 6.07 Å². The summed E-state index contributed by atoms with van der Waals surface area (Å²) < 4.78 is 12.9. The summed E-state index contributed by atoms with van der Waals surface area (Å²) in [4.78, 5) is 12.1. The Kier molecular flexibility index (Phi) is 4.20. The third-order valence-corrected chi connectivity index (χ3v) is 4.01. The second-order valence-electron chi connectivity index (χ2n) is 5.81. The van der Waals surface area contributed by atoms with E-state index in [-0.39, 0.29) is 5.91 Å². The van der Waals surface area contributed by atoms with Crippen LogP contribution >= 0.6 is 0 Å². The number of amides is 1. The predicted octanol–water partition coefficient (Wildman–Crippen LogP) is 2.46. The van der Waals surface area contributed by atoms with Crippen LogP contribution in [0.1, 0.15) is 18.7 Å². The van der Waals surface area contributed by atoms with E-state index in [2.05, 4.69) is 15.5 Å². The molecule has 0 bridgehead atoms. The molecule has 7 nitrogen and oxygen atoms in total. The third kappa shape index (κ3) is 3.40. The second kappa shape index (κ2) is 6.80. The van der Waals surface area contributed by atoms with Crippen molar-refractivity contribution in [3.63, 3.8) is 0 Å². The van der Waals surface area contributed by atoms with Gasteiger partial charge in [-0.1, -0.05) is 6.07 Å². The minimum Gasteiger partial charge on any atom is -0.486 e. The van der Waals surface area contributed by atoms with Crippen LogP contribution in [0, 0.1) is 0 Å². The van der Waals surface area contributed by atoms with E-state index >= 15 is 0 Å². The number of anilines is 1. The fourth-order valence-corrected chi connectivity index (χ4v) is 2.81. The van der Waals surface area contributed by atoms with E-state index in [0.717, 1.165) is 11.5 Å². The number of carbonyl (C=O) groups excluding carboxylic acids is 1. The van der Waals surface area contributed by atoms with Crippen molar-refractivity contribution in [3.05, 3.63) is 48.4 Å². The number of fused-ring (bicyclic) bond motifs is 2. The van der Waals surface area contributed by atoms with Crippen LogP contribution in [0.15, 0.2) is 42.6 Å². The molecule has 0 fully saturated rings. The zero-order chi connectivity index (χ0) is 17.1. The topological polar surface area (TPSA) is 77.8 Å². The van der Waals surface area contributed by atoms with Crippen LogP contribution in [0.5, 0.6) is 11.5 Å². The third-order valence-electron chi connectivity index (χ3n) is 4.01. The van der Waals surface area contributed by atoms with Crippen LogP contribution in [0.25, 0.3) is 5.65 Å². The number of ether oxygens (including phenoxy) is 2. The van der Waals surface area contributed by atoms with Gasteiger partial charge in [0.15, 0.2) is 17.1 Å². The van der Waals surface area contributed by atoms with Gasteiger partial charge in [0.25, 0.3) is 0 Å². The SMILES string of the molecule is O=C(CCCc1nnc2ccccn12)Nc1ccc2c(c1)OCCO2. The second-order valence-corrected chi connectivity index (χ2v) is 5.81. The molecule has 128 valence electrons. The number of nitrogens with one attached hydrogen (secondary N) is 1. The molecule has 3 heterocycles. The Morgan fingerprint density at radius 2 is 2.00 bits per heavy atom. The molecule has 2 aromatic heterocycles. The van der Waals surface area contributed by atoms with Gasteiger partial charge >= 0.3 is 0 Å². The fourth-order valence-electron chi connectivity index (χ4n) is 2.81. The maximum atomic E-state index is 12.1. The Morgan fingerprint density at radius 1 is 1.12 bits per heavy atom. The monoisotopic (exact) mass is 338 g/mol. The zero-order valence-corrected chi connectivity index (χ0v) is 13.6. The Balaban J connectivity index is 1.32. The summed E-state index contributed by atoms with van der Waals surface area (Å²) in [6.45, 7) is 1.08. The van der Waals surface area contributed by atoms with Crippen molar-refractivity contribution in [2.75, 3.05) is 18.5 Å². The van der Waals surface area contributed by atoms with Crippen molar-refractivity contribution >= 4 is 17.2 Å². The van der Waals surface area contributed by atoms with Gasteiger partial charge in [-0.15, -0.1) is 10.2 Å². The molecule has 0 atom stereocenters. The van der Waals surface area contributed by atoms with E-state index < -0.39 is 0 Å². The number of hydrogen-bond acceptors (Lipinski definition) is 5. The van der Waals surface area contributed by atoms with Crippen LogP contribution in [0.2, 0.25) is 0 Å². The number of nitrogens with zero attached hydrogens (tertiary/aromatic N) is 3. The first-order valence-electron chi connectivity index (χ1n) is 8.28. The predicted molar refractivity (Wildman–Crippen MR) is 92.0 cm³/mol. The summed E-state index contributed by atoms with van der Waals surface area (Å²) in [5.74, 6) is 2.20. The van der Waals surface area contributed by atoms with Crippen LogP contribution in [-0.4, -0.2) is 33.7 Å². The smallest absolute Gasteiger partial charge is 0.224 e. The lowest BCUT2D eigenvalue weighted by Crippen LogP contribution is -2.16. The lowest BCUT2D eigenvalue weighted by Gasteiger charge is -2.19. The molecule has 1 amide bonds. The van der Waals surface area contributed by atoms with Gasteiger partial charge in [0.1, 0.15) is 19.0 Å². The van der Waals surface area contributed by atoms with E-state index in [1.165, 1.54) is 0 Å². The molecule has 4 rings (SSSR count). The van der Waals surface area contributed by atoms with Gasteiger partial charge in [0, 0.05) is 30.8 Å². The Labute approximate surface area is 144 Å². The maximum Gasteiger partial charge on any atom is 0.224 e. The van der Waals surface area contributed by atoms with Gasteiger partial charge in [0.2, 0.25) is 5.91 Å². The van der Waals surface area contributed by atoms with Crippen LogP contribution < -0.4 is 14.8 Å². The number of carbonyl (C=O) groups is 1. The normalized spacial score (nSPS) is 13.0. The summed E-state index contributed by atoms with van der Waals surface area (Å²) in [6, 6.07) is 11.2. The quantitative estimate of drug-likeness (QED) is 0.773. The lowest BCUT2D eigenvalue weighted by atomic mass is 10.2. The molecule has 0 unspecified atom stereocenters. The van der Waals surface area contributed by atoms with Crippen molar-refractivity contribution in [1.82, 2.24) is 14.6 Å². The van der Waals surface area contributed by atoms with Crippen molar-refractivity contribution in [2.45, 2.75) is 19.3 Å². The van der Waals surface area contributed by atoms with Crippen molar-refractivity contribution in [2.24, 2.45) is 0 Å². The van der Waals surface area contributed by atoms with Crippen LogP contribution in [-0.2, 0) is 11.2 Å². The van der Waals surface area contributed by atoms with Gasteiger partial charge in [0.05, 0.1) is 0 Å². The zero-order valence-electron chi connectivity index (χ0n) is 13.6. The Bertz CT molecular complexity index is 906. The van der Waals surface area contributed by atoms with Crippen molar-refractivity contribution in [1.29, 1.82) is 0 Å². The first-order valence-corrected chi connectivity index (χ1v) is 8.28. The number of benzene rings is 1. The minimum atomic E-state index is -0.0366. The molecule has 1 aliphatic heterocycles. The number of aryl methyl sites for hydroxylation is 1. The molecule has 1 N–H and O–H groups in total. The summed E-state index contributed by atoms with van der Waals surface area (Å²) in [6.07, 6.45) is 3.74. The van der Waals surface area contributed by atoms with Gasteiger partial charge in [-0.3, -0.25) is 9.20 Å².